The van der Waals surface area contributed by atoms with E-state index in [0.717, 1.165) is 11.9 Å². The normalized spacial score (nSPS) is 19.9. The molecule has 0 radical (unpaired) electrons. The Balaban J connectivity index is 2.16. The van der Waals surface area contributed by atoms with E-state index in [0.29, 0.717) is 6.61 Å². The zero-order chi connectivity index (χ0) is 21.9. The van der Waals surface area contributed by atoms with Gasteiger partial charge in [-0.3, -0.25) is 0 Å². The molecule has 1 aromatic carbocycles. The van der Waals surface area contributed by atoms with Gasteiger partial charge < -0.3 is 13.7 Å². The molecule has 1 fully saturated rings. The highest BCUT2D eigenvalue weighted by Gasteiger charge is 2.52. The van der Waals surface area contributed by atoms with Gasteiger partial charge in [-0.25, -0.2) is 0 Å². The van der Waals surface area contributed by atoms with Gasteiger partial charge in [0.05, 0.1) is 11.2 Å². The Kier molecular flexibility index (Phi) is 7.43. The van der Waals surface area contributed by atoms with E-state index in [-0.39, 0.29) is 23.4 Å². The van der Waals surface area contributed by atoms with Crippen LogP contribution in [-0.2, 0) is 13.7 Å². The molecule has 0 atom stereocenters. The molecular weight excluding hydrogens is 375 g/mol. The minimum Gasteiger partial charge on any atom is -0.417 e. The Bertz CT molecular complexity index is 714. The van der Waals surface area contributed by atoms with Gasteiger partial charge in [-0.2, -0.15) is 0 Å². The lowest BCUT2D eigenvalue weighted by atomic mass is 9.76. The van der Waals surface area contributed by atoms with Gasteiger partial charge in [-0.1, -0.05) is 69.3 Å². The summed E-state index contributed by atoms with van der Waals surface area (Å²) >= 11 is 0. The molecule has 1 aliphatic rings. The predicted octanol–water partition coefficient (Wildman–Crippen LogP) is 6.67. The van der Waals surface area contributed by atoms with E-state index >= 15 is 0 Å². The molecule has 0 unspecified atom stereocenters. The Morgan fingerprint density at radius 1 is 1.03 bits per heavy atom. The van der Waals surface area contributed by atoms with Crippen LogP contribution in [-0.4, -0.2) is 33.2 Å². The zero-order valence-electron chi connectivity index (χ0n) is 19.8. The molecule has 1 aliphatic heterocycles. The number of benzene rings is 1. The predicted molar refractivity (Wildman–Crippen MR) is 127 cm³/mol. The highest BCUT2D eigenvalue weighted by atomic mass is 28.4. The van der Waals surface area contributed by atoms with Gasteiger partial charge in [0, 0.05) is 6.61 Å². The van der Waals surface area contributed by atoms with Crippen molar-refractivity contribution in [3.05, 3.63) is 53.5 Å². The lowest BCUT2D eigenvalue weighted by molar-refractivity contribution is 0.00578. The average molecular weight is 414 g/mol. The summed E-state index contributed by atoms with van der Waals surface area (Å²) in [5, 5.41) is 0.203. The molecule has 3 nitrogen and oxygen atoms in total. The van der Waals surface area contributed by atoms with E-state index in [1.165, 1.54) is 5.56 Å². The van der Waals surface area contributed by atoms with Gasteiger partial charge in [0.15, 0.2) is 8.32 Å². The second-order valence-electron chi connectivity index (χ2n) is 10.5. The number of allylic oxidation sites excluding steroid dienone is 2. The molecule has 1 aromatic rings. The quantitative estimate of drug-likeness (QED) is 0.368. The third-order valence-electron chi connectivity index (χ3n) is 6.61. The summed E-state index contributed by atoms with van der Waals surface area (Å²) in [7, 11) is -2.12. The largest absolute Gasteiger partial charge is 0.490 e. The fourth-order valence-corrected chi connectivity index (χ4v) is 3.81. The molecule has 5 heteroatoms. The first-order valence-electron chi connectivity index (χ1n) is 10.7. The topological polar surface area (TPSA) is 27.7 Å². The number of hydrogen-bond donors (Lipinski definition) is 0. The van der Waals surface area contributed by atoms with Crippen LogP contribution >= 0.6 is 0 Å². The van der Waals surface area contributed by atoms with Crippen LogP contribution in [0.2, 0.25) is 18.1 Å². The molecule has 1 saturated heterocycles. The lowest BCUT2D eigenvalue weighted by Crippen LogP contribution is -2.41. The van der Waals surface area contributed by atoms with Crippen LogP contribution in [0, 0.1) is 0 Å². The smallest absolute Gasteiger partial charge is 0.417 e. The van der Waals surface area contributed by atoms with E-state index in [1.807, 2.05) is 18.2 Å². The molecule has 0 aliphatic carbocycles. The van der Waals surface area contributed by atoms with Crippen molar-refractivity contribution in [3.63, 3.8) is 0 Å². The van der Waals surface area contributed by atoms with Crippen LogP contribution < -0.4 is 0 Å². The summed E-state index contributed by atoms with van der Waals surface area (Å²) in [4.78, 5) is 0. The molecule has 0 spiro atoms. The maximum absolute atomic E-state index is 6.42. The first-order valence-corrected chi connectivity index (χ1v) is 13.6. The first kappa shape index (κ1) is 24.1. The molecule has 0 bridgehead atoms. The summed E-state index contributed by atoms with van der Waals surface area (Å²) in [5.41, 5.74) is 1.60. The molecule has 0 N–H and O–H groups in total. The van der Waals surface area contributed by atoms with Crippen LogP contribution in [0.5, 0.6) is 0 Å². The van der Waals surface area contributed by atoms with E-state index in [1.54, 1.807) is 0 Å². The van der Waals surface area contributed by atoms with Crippen molar-refractivity contribution in [3.8, 4) is 0 Å². The zero-order valence-corrected chi connectivity index (χ0v) is 20.8. The lowest BCUT2D eigenvalue weighted by Gasteiger charge is -2.36. The Morgan fingerprint density at radius 3 is 2.10 bits per heavy atom. The van der Waals surface area contributed by atoms with E-state index in [2.05, 4.69) is 91.9 Å². The van der Waals surface area contributed by atoms with E-state index < -0.39 is 8.32 Å². The fraction of sp³-hybridized carbons (Fsp3) is 0.583. The highest BCUT2D eigenvalue weighted by Crippen LogP contribution is 2.40. The minimum absolute atomic E-state index is 0.203. The van der Waals surface area contributed by atoms with Gasteiger partial charge in [0.1, 0.15) is 0 Å². The summed E-state index contributed by atoms with van der Waals surface area (Å²) in [6, 6.07) is 10.3. The minimum atomic E-state index is -1.78. The summed E-state index contributed by atoms with van der Waals surface area (Å²) in [6.07, 6.45) is 7.12. The van der Waals surface area contributed by atoms with Crippen molar-refractivity contribution in [2.45, 2.75) is 84.2 Å². The first-order chi connectivity index (χ1) is 13.3. The van der Waals surface area contributed by atoms with Crippen LogP contribution in [0.3, 0.4) is 0 Å². The van der Waals surface area contributed by atoms with Gasteiger partial charge in [-0.05, 0) is 63.3 Å². The Morgan fingerprint density at radius 2 is 1.59 bits per heavy atom. The summed E-state index contributed by atoms with van der Waals surface area (Å²) in [6.45, 7) is 20.5. The maximum atomic E-state index is 6.42. The Hall–Kier alpha value is -1.14. The maximum Gasteiger partial charge on any atom is 0.490 e. The van der Waals surface area contributed by atoms with Crippen molar-refractivity contribution in [1.29, 1.82) is 0 Å². The molecular formula is C24H39BO3Si. The van der Waals surface area contributed by atoms with Crippen molar-refractivity contribution in [2.24, 2.45) is 0 Å². The molecule has 29 heavy (non-hydrogen) atoms. The van der Waals surface area contributed by atoms with Gasteiger partial charge in [0.2, 0.25) is 0 Å². The average Bonchev–Trinajstić information content (AvgIpc) is 2.81. The summed E-state index contributed by atoms with van der Waals surface area (Å²) < 4.78 is 19.0. The van der Waals surface area contributed by atoms with Crippen LogP contribution in [0.1, 0.15) is 60.5 Å². The fourth-order valence-electron chi connectivity index (χ4n) is 2.76. The van der Waals surface area contributed by atoms with Gasteiger partial charge >= 0.3 is 7.12 Å². The third kappa shape index (κ3) is 6.17. The highest BCUT2D eigenvalue weighted by molar-refractivity contribution is 6.74. The molecule has 1 heterocycles. The van der Waals surface area contributed by atoms with Gasteiger partial charge in [-0.15, -0.1) is 0 Å². The second kappa shape index (κ2) is 8.93. The SMILES string of the molecule is CC1(C)OB(/C(=C\C=C\c2ccccc2)CCO[Si](C)(C)C(C)(C)C)OC1(C)C. The molecule has 0 aromatic heterocycles. The molecule has 2 rings (SSSR count). The van der Waals surface area contributed by atoms with Crippen LogP contribution in [0.25, 0.3) is 6.08 Å². The molecule has 0 saturated carbocycles. The van der Waals surface area contributed by atoms with Crippen molar-refractivity contribution < 1.29 is 13.7 Å². The standard InChI is InChI=1S/C24H39BO3Si/c1-22(2,3)29(8,9)26-19-18-21(17-13-16-20-14-11-10-12-15-20)25-27-23(4,5)24(6,7)28-25/h10-17H,18-19H2,1-9H3/b16-13+,21-17-. The number of rotatable bonds is 7. The van der Waals surface area contributed by atoms with Gasteiger partial charge in [0.25, 0.3) is 0 Å². The Labute approximate surface area is 179 Å². The monoisotopic (exact) mass is 414 g/mol. The summed E-state index contributed by atoms with van der Waals surface area (Å²) in [5.74, 6) is 0. The number of hydrogen-bond acceptors (Lipinski definition) is 3. The molecule has 0 amide bonds. The van der Waals surface area contributed by atoms with Crippen LogP contribution in [0.4, 0.5) is 0 Å². The third-order valence-corrected chi connectivity index (χ3v) is 11.2. The van der Waals surface area contributed by atoms with Crippen LogP contribution in [0.15, 0.2) is 48.0 Å². The second-order valence-corrected chi connectivity index (χ2v) is 15.3. The van der Waals surface area contributed by atoms with E-state index in [9.17, 15) is 0 Å². The molecule has 160 valence electrons. The van der Waals surface area contributed by atoms with E-state index in [4.69, 9.17) is 13.7 Å². The van der Waals surface area contributed by atoms with Crippen molar-refractivity contribution in [2.75, 3.05) is 6.61 Å². The van der Waals surface area contributed by atoms with Crippen molar-refractivity contribution in [1.82, 2.24) is 0 Å². The van der Waals surface area contributed by atoms with Crippen molar-refractivity contribution >= 4 is 21.5 Å².